The first kappa shape index (κ1) is 23.0. The minimum absolute atomic E-state index is 0.0729. The van der Waals surface area contributed by atoms with E-state index in [9.17, 15) is 9.59 Å². The van der Waals surface area contributed by atoms with E-state index in [2.05, 4.69) is 10.2 Å². The summed E-state index contributed by atoms with van der Waals surface area (Å²) in [5, 5.41) is 2.90. The van der Waals surface area contributed by atoms with Crippen LogP contribution in [0.4, 0.5) is 0 Å². The summed E-state index contributed by atoms with van der Waals surface area (Å²) in [7, 11) is 0. The van der Waals surface area contributed by atoms with Crippen molar-refractivity contribution < 1.29 is 23.8 Å². The van der Waals surface area contributed by atoms with Crippen LogP contribution in [0.1, 0.15) is 26.3 Å². The monoisotopic (exact) mass is 477 g/mol. The van der Waals surface area contributed by atoms with E-state index in [1.165, 1.54) is 16.7 Å². The van der Waals surface area contributed by atoms with Crippen molar-refractivity contribution in [1.82, 2.24) is 15.1 Å². The Labute approximate surface area is 197 Å². The quantitative estimate of drug-likeness (QED) is 0.494. The van der Waals surface area contributed by atoms with Gasteiger partial charge in [-0.2, -0.15) is 0 Å². The van der Waals surface area contributed by atoms with Gasteiger partial charge in [0.2, 0.25) is 12.7 Å². The highest BCUT2D eigenvalue weighted by Gasteiger charge is 2.33. The molecule has 1 N–H and O–H groups in total. The third-order valence-corrected chi connectivity index (χ3v) is 6.61. The van der Waals surface area contributed by atoms with E-state index in [0.29, 0.717) is 46.9 Å². The number of nitrogens with one attached hydrogen (secondary N) is 1. The van der Waals surface area contributed by atoms with Gasteiger partial charge in [0.15, 0.2) is 11.5 Å². The maximum Gasteiger partial charge on any atom is 0.266 e. The Bertz CT molecular complexity index is 965. The van der Waals surface area contributed by atoms with Gasteiger partial charge in [0.25, 0.3) is 5.91 Å². The zero-order valence-electron chi connectivity index (χ0n) is 18.4. The van der Waals surface area contributed by atoms with Crippen molar-refractivity contribution in [3.63, 3.8) is 0 Å². The average molecular weight is 478 g/mol. The number of hydrogen-bond acceptors (Lipinski definition) is 8. The summed E-state index contributed by atoms with van der Waals surface area (Å²) in [6, 6.07) is 5.53. The molecule has 4 rings (SSSR count). The summed E-state index contributed by atoms with van der Waals surface area (Å²) in [5.74, 6) is 1.13. The maximum absolute atomic E-state index is 12.8. The van der Waals surface area contributed by atoms with E-state index < -0.39 is 0 Å². The third kappa shape index (κ3) is 5.43. The fourth-order valence-corrected chi connectivity index (χ4v) is 5.43. The number of nitrogens with zero attached hydrogens (tertiary/aromatic N) is 2. The molecule has 2 fully saturated rings. The number of benzene rings is 1. The Morgan fingerprint density at radius 2 is 2.12 bits per heavy atom. The summed E-state index contributed by atoms with van der Waals surface area (Å²) in [6.45, 7) is 8.67. The van der Waals surface area contributed by atoms with Gasteiger partial charge < -0.3 is 19.5 Å². The summed E-state index contributed by atoms with van der Waals surface area (Å²) in [4.78, 5) is 29.4. The molecule has 1 aromatic rings. The van der Waals surface area contributed by atoms with Crippen LogP contribution in [-0.4, -0.2) is 77.2 Å². The first-order chi connectivity index (χ1) is 15.2. The Balaban J connectivity index is 1.28. The molecule has 0 aromatic heterocycles. The van der Waals surface area contributed by atoms with Crippen LogP contribution in [0.15, 0.2) is 23.1 Å². The molecule has 3 heterocycles. The number of rotatable bonds is 6. The van der Waals surface area contributed by atoms with Crippen molar-refractivity contribution in [3.8, 4) is 11.5 Å². The lowest BCUT2D eigenvalue weighted by atomic mass is 10.1. The van der Waals surface area contributed by atoms with E-state index >= 15 is 0 Å². The molecule has 10 heteroatoms. The number of thioether (sulfide) groups is 1. The first-order valence-electron chi connectivity index (χ1n) is 10.5. The van der Waals surface area contributed by atoms with Crippen LogP contribution in [0.2, 0.25) is 0 Å². The van der Waals surface area contributed by atoms with Gasteiger partial charge in [-0.15, -0.1) is 0 Å². The molecule has 3 aliphatic heterocycles. The molecule has 0 saturated carbocycles. The van der Waals surface area contributed by atoms with Gasteiger partial charge in [-0.25, -0.2) is 0 Å². The zero-order valence-corrected chi connectivity index (χ0v) is 20.0. The molecule has 2 amide bonds. The molecule has 32 heavy (non-hydrogen) atoms. The van der Waals surface area contributed by atoms with E-state index in [1.54, 1.807) is 6.08 Å². The molecule has 0 bridgehead atoms. The molecular weight excluding hydrogens is 450 g/mol. The molecule has 0 spiro atoms. The number of thiocarbonyl (C=S) groups is 1. The van der Waals surface area contributed by atoms with Gasteiger partial charge in [0.05, 0.1) is 23.2 Å². The second kappa shape index (κ2) is 9.38. The average Bonchev–Trinajstić information content (AvgIpc) is 3.25. The summed E-state index contributed by atoms with van der Waals surface area (Å²) in [5.41, 5.74) is 0.565. The van der Waals surface area contributed by atoms with E-state index in [1.807, 2.05) is 39.0 Å². The second-order valence-electron chi connectivity index (χ2n) is 8.65. The van der Waals surface area contributed by atoms with Crippen LogP contribution in [0, 0.1) is 0 Å². The molecule has 0 aliphatic carbocycles. The molecule has 0 radical (unpaired) electrons. The third-order valence-electron chi connectivity index (χ3n) is 5.23. The highest BCUT2D eigenvalue weighted by atomic mass is 32.2. The molecule has 2 saturated heterocycles. The molecular formula is C22H27N3O5S2. The summed E-state index contributed by atoms with van der Waals surface area (Å²) in [6.07, 6.45) is 1.87. The van der Waals surface area contributed by atoms with Gasteiger partial charge in [0, 0.05) is 26.2 Å². The lowest BCUT2D eigenvalue weighted by Gasteiger charge is -2.41. The Morgan fingerprint density at radius 1 is 1.34 bits per heavy atom. The van der Waals surface area contributed by atoms with Gasteiger partial charge in [-0.05, 0) is 44.5 Å². The van der Waals surface area contributed by atoms with Crippen molar-refractivity contribution >= 4 is 46.2 Å². The molecule has 1 aromatic carbocycles. The number of carbonyl (C=O) groups excluding carboxylic acids is 2. The Hall–Kier alpha value is -2.14. The topological polar surface area (TPSA) is 80.3 Å². The fourth-order valence-electron chi connectivity index (χ4n) is 4.12. The number of hydrogen-bond donors (Lipinski definition) is 1. The number of ether oxygens (including phenoxy) is 3. The predicted octanol–water partition coefficient (Wildman–Crippen LogP) is 2.23. The minimum Gasteiger partial charge on any atom is -0.454 e. The second-order valence-corrected chi connectivity index (χ2v) is 10.3. The molecule has 172 valence electrons. The fraction of sp³-hybridized carbons (Fsp3) is 0.500. The first-order valence-corrected chi connectivity index (χ1v) is 11.7. The maximum atomic E-state index is 12.8. The van der Waals surface area contributed by atoms with Crippen molar-refractivity contribution in [2.75, 3.05) is 39.5 Å². The molecule has 3 aliphatic rings. The molecule has 1 atom stereocenters. The van der Waals surface area contributed by atoms with Crippen LogP contribution >= 0.6 is 24.0 Å². The van der Waals surface area contributed by atoms with E-state index in [-0.39, 0.29) is 30.3 Å². The predicted molar refractivity (Wildman–Crippen MR) is 127 cm³/mol. The summed E-state index contributed by atoms with van der Waals surface area (Å²) >= 11 is 6.65. The standard InChI is InChI=1S/C22H27N3O5S2/c1-14-10-24(12-22(2,3)30-14)11-19(26)23-6-7-25-20(27)18(32-21(25)31)9-15-4-5-16-17(8-15)29-13-28-16/h4-5,8-9,14H,6-7,10-13H2,1-3H3,(H,23,26)/b18-9-. The highest BCUT2D eigenvalue weighted by molar-refractivity contribution is 8.26. The van der Waals surface area contributed by atoms with E-state index in [4.69, 9.17) is 26.4 Å². The van der Waals surface area contributed by atoms with Crippen LogP contribution in [0.3, 0.4) is 0 Å². The van der Waals surface area contributed by atoms with Crippen molar-refractivity contribution in [2.45, 2.75) is 32.5 Å². The van der Waals surface area contributed by atoms with Crippen molar-refractivity contribution in [2.24, 2.45) is 0 Å². The summed E-state index contributed by atoms with van der Waals surface area (Å²) < 4.78 is 17.1. The zero-order chi connectivity index (χ0) is 22.9. The van der Waals surface area contributed by atoms with Crippen LogP contribution in [0.5, 0.6) is 11.5 Å². The Kier molecular flexibility index (Phi) is 6.75. The number of morpholine rings is 1. The lowest BCUT2D eigenvalue weighted by Crippen LogP contribution is -2.54. The molecule has 8 nitrogen and oxygen atoms in total. The largest absolute Gasteiger partial charge is 0.454 e. The van der Waals surface area contributed by atoms with Crippen LogP contribution in [0.25, 0.3) is 6.08 Å². The van der Waals surface area contributed by atoms with Crippen LogP contribution in [-0.2, 0) is 14.3 Å². The number of fused-ring (bicyclic) bond motifs is 1. The van der Waals surface area contributed by atoms with Crippen LogP contribution < -0.4 is 14.8 Å². The number of amides is 2. The van der Waals surface area contributed by atoms with Gasteiger partial charge in [-0.3, -0.25) is 19.4 Å². The Morgan fingerprint density at radius 3 is 2.91 bits per heavy atom. The molecule has 1 unspecified atom stereocenters. The van der Waals surface area contributed by atoms with Gasteiger partial charge >= 0.3 is 0 Å². The SMILES string of the molecule is CC1CN(CC(=O)NCCN2C(=O)/C(=C/c3ccc4c(c3)OCO4)SC2=S)CC(C)(C)O1. The minimum atomic E-state index is -0.274. The smallest absolute Gasteiger partial charge is 0.266 e. The lowest BCUT2D eigenvalue weighted by molar-refractivity contribution is -0.139. The van der Waals surface area contributed by atoms with Gasteiger partial charge in [0.1, 0.15) is 4.32 Å². The van der Waals surface area contributed by atoms with Gasteiger partial charge in [-0.1, -0.05) is 30.0 Å². The van der Waals surface area contributed by atoms with Crippen molar-refractivity contribution in [1.29, 1.82) is 0 Å². The highest BCUT2D eigenvalue weighted by Crippen LogP contribution is 2.36. The number of carbonyl (C=O) groups is 2. The van der Waals surface area contributed by atoms with E-state index in [0.717, 1.165) is 12.1 Å². The van der Waals surface area contributed by atoms with Crippen molar-refractivity contribution in [3.05, 3.63) is 28.7 Å². The normalized spacial score (nSPS) is 23.8.